The monoisotopic (exact) mass is 793 g/mol. The smallest absolute Gasteiger partial charge is 0.306 e. The molecule has 0 aliphatic carbocycles. The summed E-state index contributed by atoms with van der Waals surface area (Å²) in [5.41, 5.74) is 0. The average Bonchev–Trinajstić information content (AvgIpc) is 3.19. The summed E-state index contributed by atoms with van der Waals surface area (Å²) in [7, 11) is 0. The van der Waals surface area contributed by atoms with E-state index in [4.69, 9.17) is 14.2 Å². The molecule has 0 N–H and O–H groups in total. The molecule has 0 fully saturated rings. The summed E-state index contributed by atoms with van der Waals surface area (Å²) in [6.45, 7) is 6.66. The molecular weight excluding hydrogens is 697 g/mol. The van der Waals surface area contributed by atoms with Gasteiger partial charge in [-0.25, -0.2) is 0 Å². The lowest BCUT2D eigenvalue weighted by molar-refractivity contribution is -0.167. The van der Waals surface area contributed by atoms with E-state index in [1.165, 1.54) is 186 Å². The van der Waals surface area contributed by atoms with Crippen molar-refractivity contribution in [2.45, 2.75) is 290 Å². The molecule has 0 amide bonds. The van der Waals surface area contributed by atoms with Crippen molar-refractivity contribution in [2.24, 2.45) is 0 Å². The van der Waals surface area contributed by atoms with Crippen molar-refractivity contribution in [1.82, 2.24) is 0 Å². The maximum Gasteiger partial charge on any atom is 0.306 e. The normalized spacial score (nSPS) is 11.8. The Labute approximate surface area is 348 Å². The molecule has 0 bridgehead atoms. The number of hydrogen-bond donors (Lipinski definition) is 0. The number of carbonyl (C=O) groups excluding carboxylic acids is 3. The van der Waals surface area contributed by atoms with Gasteiger partial charge in [0, 0.05) is 19.3 Å². The van der Waals surface area contributed by atoms with E-state index in [1.807, 2.05) is 0 Å². The van der Waals surface area contributed by atoms with Gasteiger partial charge in [0.15, 0.2) is 6.10 Å². The summed E-state index contributed by atoms with van der Waals surface area (Å²) in [4.78, 5) is 37.8. The predicted octanol–water partition coefficient (Wildman–Crippen LogP) is 16.0. The van der Waals surface area contributed by atoms with Gasteiger partial charge in [-0.1, -0.05) is 245 Å². The first kappa shape index (κ1) is 54.4. The molecule has 0 aliphatic rings. The van der Waals surface area contributed by atoms with Gasteiger partial charge in [0.25, 0.3) is 0 Å². The number of hydrogen-bond acceptors (Lipinski definition) is 6. The van der Waals surface area contributed by atoms with Crippen molar-refractivity contribution in [3.05, 3.63) is 0 Å². The van der Waals surface area contributed by atoms with Crippen molar-refractivity contribution in [2.75, 3.05) is 13.2 Å². The minimum absolute atomic E-state index is 0.0621. The van der Waals surface area contributed by atoms with Crippen LogP contribution in [0.5, 0.6) is 0 Å². The van der Waals surface area contributed by atoms with E-state index in [0.29, 0.717) is 19.3 Å². The van der Waals surface area contributed by atoms with E-state index in [-0.39, 0.29) is 31.1 Å². The third-order valence-corrected chi connectivity index (χ3v) is 11.4. The molecule has 0 rings (SSSR count). The molecule has 0 spiro atoms. The molecule has 6 heteroatoms. The quantitative estimate of drug-likeness (QED) is 0.0347. The fourth-order valence-electron chi connectivity index (χ4n) is 7.56. The molecular formula is C50H96O6. The van der Waals surface area contributed by atoms with Gasteiger partial charge in [0.2, 0.25) is 0 Å². The van der Waals surface area contributed by atoms with E-state index in [0.717, 1.165) is 57.8 Å². The molecule has 56 heavy (non-hydrogen) atoms. The highest BCUT2D eigenvalue weighted by Gasteiger charge is 2.19. The van der Waals surface area contributed by atoms with Crippen molar-refractivity contribution >= 4 is 17.9 Å². The number of carbonyl (C=O) groups is 3. The zero-order valence-electron chi connectivity index (χ0n) is 37.9. The van der Waals surface area contributed by atoms with Gasteiger partial charge in [0.05, 0.1) is 0 Å². The molecule has 0 aromatic rings. The fourth-order valence-corrected chi connectivity index (χ4v) is 7.56. The Bertz CT molecular complexity index is 828. The minimum Gasteiger partial charge on any atom is -0.462 e. The molecule has 0 radical (unpaired) electrons. The Morgan fingerprint density at radius 3 is 0.714 bits per heavy atom. The number of ether oxygens (including phenoxy) is 3. The van der Waals surface area contributed by atoms with E-state index < -0.39 is 6.10 Å². The first-order chi connectivity index (χ1) is 27.5. The van der Waals surface area contributed by atoms with E-state index in [9.17, 15) is 14.4 Å². The van der Waals surface area contributed by atoms with Crippen LogP contribution in [0.1, 0.15) is 284 Å². The molecule has 0 saturated heterocycles. The largest absolute Gasteiger partial charge is 0.462 e. The first-order valence-corrected chi connectivity index (χ1v) is 25.0. The lowest BCUT2D eigenvalue weighted by Crippen LogP contribution is -2.30. The summed E-state index contributed by atoms with van der Waals surface area (Å²) in [5.74, 6) is -0.845. The molecule has 0 aromatic carbocycles. The van der Waals surface area contributed by atoms with Crippen LogP contribution in [0.3, 0.4) is 0 Å². The van der Waals surface area contributed by atoms with Crippen LogP contribution in [0.15, 0.2) is 0 Å². The number of unbranched alkanes of at least 4 members (excludes halogenated alkanes) is 35. The maximum absolute atomic E-state index is 12.7. The molecule has 1 atom stereocenters. The van der Waals surface area contributed by atoms with Gasteiger partial charge in [0.1, 0.15) is 13.2 Å². The summed E-state index contributed by atoms with van der Waals surface area (Å²) >= 11 is 0. The third-order valence-electron chi connectivity index (χ3n) is 11.4. The van der Waals surface area contributed by atoms with E-state index in [1.54, 1.807) is 0 Å². The van der Waals surface area contributed by atoms with Crippen LogP contribution in [-0.2, 0) is 28.6 Å². The lowest BCUT2D eigenvalue weighted by atomic mass is 10.0. The second kappa shape index (κ2) is 46.1. The zero-order valence-corrected chi connectivity index (χ0v) is 37.9. The molecule has 0 aliphatic heterocycles. The highest BCUT2D eigenvalue weighted by molar-refractivity contribution is 5.71. The molecule has 0 saturated carbocycles. The van der Waals surface area contributed by atoms with Gasteiger partial charge in [-0.3, -0.25) is 14.4 Å². The topological polar surface area (TPSA) is 78.9 Å². The van der Waals surface area contributed by atoms with Crippen LogP contribution < -0.4 is 0 Å². The van der Waals surface area contributed by atoms with Gasteiger partial charge >= 0.3 is 17.9 Å². The zero-order chi connectivity index (χ0) is 40.8. The van der Waals surface area contributed by atoms with Gasteiger partial charge in [-0.2, -0.15) is 0 Å². The molecule has 332 valence electrons. The van der Waals surface area contributed by atoms with E-state index in [2.05, 4.69) is 20.8 Å². The highest BCUT2D eigenvalue weighted by Crippen LogP contribution is 2.16. The number of rotatable bonds is 46. The van der Waals surface area contributed by atoms with Crippen molar-refractivity contribution in [3.63, 3.8) is 0 Å². The minimum atomic E-state index is -0.758. The van der Waals surface area contributed by atoms with Crippen molar-refractivity contribution in [1.29, 1.82) is 0 Å². The average molecular weight is 793 g/mol. The standard InChI is InChI=1S/C50H96O6/c1-4-7-10-13-16-19-22-24-25-27-28-31-34-37-40-43-49(52)55-46-47(45-54-48(51)42-39-36-33-30-21-18-15-12-9-6-3)56-50(53)44-41-38-35-32-29-26-23-20-17-14-11-8-5-2/h47H,4-46H2,1-3H3/t47-/m0/s1. The van der Waals surface area contributed by atoms with Gasteiger partial charge in [-0.15, -0.1) is 0 Å². The Hall–Kier alpha value is -1.59. The van der Waals surface area contributed by atoms with E-state index >= 15 is 0 Å². The van der Waals surface area contributed by atoms with Gasteiger partial charge < -0.3 is 14.2 Å². The van der Waals surface area contributed by atoms with Crippen LogP contribution in [0, 0.1) is 0 Å². The molecule has 0 aromatic heterocycles. The van der Waals surface area contributed by atoms with Crippen LogP contribution in [0.2, 0.25) is 0 Å². The predicted molar refractivity (Wildman–Crippen MR) is 238 cm³/mol. The summed E-state index contributed by atoms with van der Waals surface area (Å²) < 4.78 is 16.8. The Morgan fingerprint density at radius 2 is 0.482 bits per heavy atom. The first-order valence-electron chi connectivity index (χ1n) is 25.0. The maximum atomic E-state index is 12.7. The molecule has 0 heterocycles. The Morgan fingerprint density at radius 1 is 0.286 bits per heavy atom. The second-order valence-electron chi connectivity index (χ2n) is 17.1. The molecule has 0 unspecified atom stereocenters. The SMILES string of the molecule is CCCCCCCCCCCCCCCCCC(=O)OC[C@H](COC(=O)CCCCCCCCCCCC)OC(=O)CCCCCCCCCCCCCCC. The van der Waals surface area contributed by atoms with Gasteiger partial charge in [-0.05, 0) is 19.3 Å². The Kier molecular flexibility index (Phi) is 44.8. The summed E-state index contributed by atoms with van der Waals surface area (Å²) in [6, 6.07) is 0. The second-order valence-corrected chi connectivity index (χ2v) is 17.1. The third kappa shape index (κ3) is 43.5. The summed E-state index contributed by atoms with van der Waals surface area (Å²) in [6.07, 6.45) is 47.9. The molecule has 6 nitrogen and oxygen atoms in total. The van der Waals surface area contributed by atoms with Crippen molar-refractivity contribution < 1.29 is 28.6 Å². The summed E-state index contributed by atoms with van der Waals surface area (Å²) in [5, 5.41) is 0. The van der Waals surface area contributed by atoms with Crippen LogP contribution in [-0.4, -0.2) is 37.2 Å². The van der Waals surface area contributed by atoms with Crippen LogP contribution in [0.25, 0.3) is 0 Å². The highest BCUT2D eigenvalue weighted by atomic mass is 16.6. The van der Waals surface area contributed by atoms with Crippen molar-refractivity contribution in [3.8, 4) is 0 Å². The van der Waals surface area contributed by atoms with Crippen LogP contribution in [0.4, 0.5) is 0 Å². The van der Waals surface area contributed by atoms with Crippen LogP contribution >= 0.6 is 0 Å². The Balaban J connectivity index is 4.28. The fraction of sp³-hybridized carbons (Fsp3) is 0.940. The lowest BCUT2D eigenvalue weighted by Gasteiger charge is -2.18. The number of esters is 3.